The minimum atomic E-state index is 0.0836. The normalized spacial score (nSPS) is 18.4. The molecule has 98 valence electrons. The average molecular weight is 257 g/mol. The van der Waals surface area contributed by atoms with Gasteiger partial charge in [-0.15, -0.1) is 0 Å². The molecule has 1 atom stereocenters. The molecule has 0 saturated carbocycles. The zero-order valence-electron chi connectivity index (χ0n) is 10.6. The molecule has 1 amide bonds. The number of H-pyrrole nitrogens is 1. The van der Waals surface area contributed by atoms with Crippen LogP contribution in [-0.4, -0.2) is 29.5 Å². The van der Waals surface area contributed by atoms with E-state index in [9.17, 15) is 4.79 Å². The van der Waals surface area contributed by atoms with Crippen molar-refractivity contribution in [2.24, 2.45) is 0 Å². The van der Waals surface area contributed by atoms with E-state index < -0.39 is 0 Å². The molecule has 1 saturated heterocycles. The van der Waals surface area contributed by atoms with Gasteiger partial charge in [0.2, 0.25) is 5.91 Å². The monoisotopic (exact) mass is 257 g/mol. The lowest BCUT2D eigenvalue weighted by atomic mass is 10.1. The highest BCUT2D eigenvalue weighted by Gasteiger charge is 2.25. The van der Waals surface area contributed by atoms with Crippen molar-refractivity contribution in [3.63, 3.8) is 0 Å². The molecule has 1 unspecified atom stereocenters. The van der Waals surface area contributed by atoms with Crippen LogP contribution < -0.4 is 10.1 Å². The predicted octanol–water partition coefficient (Wildman–Crippen LogP) is 1.69. The molecule has 0 spiro atoms. The van der Waals surface area contributed by atoms with Crippen LogP contribution in [0.3, 0.4) is 0 Å². The zero-order valence-corrected chi connectivity index (χ0v) is 10.6. The first kappa shape index (κ1) is 11.8. The predicted molar refractivity (Wildman–Crippen MR) is 70.9 cm³/mol. The van der Waals surface area contributed by atoms with Gasteiger partial charge < -0.3 is 15.0 Å². The minimum absolute atomic E-state index is 0.0836. The van der Waals surface area contributed by atoms with Gasteiger partial charge in [-0.3, -0.25) is 4.79 Å². The highest BCUT2D eigenvalue weighted by atomic mass is 16.5. The molecule has 0 radical (unpaired) electrons. The Bertz CT molecular complexity index is 606. The quantitative estimate of drug-likeness (QED) is 0.879. The second-order valence-corrected chi connectivity index (χ2v) is 4.59. The Morgan fingerprint density at radius 1 is 1.37 bits per heavy atom. The van der Waals surface area contributed by atoms with Crippen LogP contribution in [0.25, 0.3) is 11.3 Å². The minimum Gasteiger partial charge on any atom is -0.496 e. The molecular formula is C14H15N3O2. The lowest BCUT2D eigenvalue weighted by Gasteiger charge is -2.06. The molecule has 5 heteroatoms. The van der Waals surface area contributed by atoms with Gasteiger partial charge >= 0.3 is 0 Å². The molecule has 3 rings (SSSR count). The molecule has 2 aromatic rings. The first-order valence-electron chi connectivity index (χ1n) is 6.23. The Balaban J connectivity index is 1.90. The molecule has 19 heavy (non-hydrogen) atoms. The highest BCUT2D eigenvalue weighted by Crippen LogP contribution is 2.30. The van der Waals surface area contributed by atoms with E-state index in [1.54, 1.807) is 13.3 Å². The Kier molecular flexibility index (Phi) is 2.95. The van der Waals surface area contributed by atoms with Gasteiger partial charge in [-0.2, -0.15) is 0 Å². The van der Waals surface area contributed by atoms with Crippen LogP contribution in [0.15, 0.2) is 30.5 Å². The second-order valence-electron chi connectivity index (χ2n) is 4.59. The maximum Gasteiger partial charge on any atom is 0.220 e. The summed E-state index contributed by atoms with van der Waals surface area (Å²) in [5, 5.41) is 2.82. The van der Waals surface area contributed by atoms with Crippen molar-refractivity contribution in [2.75, 3.05) is 13.7 Å². The van der Waals surface area contributed by atoms with Gasteiger partial charge in [0.1, 0.15) is 11.6 Å². The Hall–Kier alpha value is -2.30. The fourth-order valence-corrected chi connectivity index (χ4v) is 2.35. The van der Waals surface area contributed by atoms with Crippen molar-refractivity contribution >= 4 is 5.91 Å². The van der Waals surface area contributed by atoms with Crippen molar-refractivity contribution in [3.05, 3.63) is 36.3 Å². The molecule has 1 aromatic carbocycles. The van der Waals surface area contributed by atoms with E-state index in [1.807, 2.05) is 24.3 Å². The smallest absolute Gasteiger partial charge is 0.220 e. The number of hydrogen-bond acceptors (Lipinski definition) is 3. The summed E-state index contributed by atoms with van der Waals surface area (Å²) in [5.74, 6) is 1.87. The number of para-hydroxylation sites is 1. The van der Waals surface area contributed by atoms with Gasteiger partial charge in [0.15, 0.2) is 0 Å². The number of aromatic amines is 1. The van der Waals surface area contributed by atoms with Crippen molar-refractivity contribution in [1.29, 1.82) is 0 Å². The fraction of sp³-hybridized carbons (Fsp3) is 0.286. The van der Waals surface area contributed by atoms with Gasteiger partial charge in [-0.1, -0.05) is 12.1 Å². The van der Waals surface area contributed by atoms with Crippen molar-refractivity contribution in [3.8, 4) is 17.0 Å². The number of nitrogens with zero attached hydrogens (tertiary/aromatic N) is 1. The van der Waals surface area contributed by atoms with Crippen molar-refractivity contribution in [1.82, 2.24) is 15.3 Å². The third-order valence-electron chi connectivity index (χ3n) is 3.36. The van der Waals surface area contributed by atoms with Crippen LogP contribution in [0.2, 0.25) is 0 Å². The van der Waals surface area contributed by atoms with Gasteiger partial charge in [0, 0.05) is 24.4 Å². The summed E-state index contributed by atoms with van der Waals surface area (Å²) < 4.78 is 5.34. The number of methoxy groups -OCH3 is 1. The lowest BCUT2D eigenvalue weighted by Crippen LogP contribution is -2.13. The van der Waals surface area contributed by atoms with E-state index in [1.165, 1.54) is 0 Å². The summed E-state index contributed by atoms with van der Waals surface area (Å²) in [5.41, 5.74) is 1.88. The summed E-state index contributed by atoms with van der Waals surface area (Å²) in [6.07, 6.45) is 2.29. The highest BCUT2D eigenvalue weighted by molar-refractivity contribution is 5.79. The summed E-state index contributed by atoms with van der Waals surface area (Å²) in [4.78, 5) is 18.9. The molecule has 2 N–H and O–H groups in total. The topological polar surface area (TPSA) is 67.0 Å². The first-order chi connectivity index (χ1) is 9.28. The summed E-state index contributed by atoms with van der Waals surface area (Å²) in [6, 6.07) is 7.78. The third-order valence-corrected chi connectivity index (χ3v) is 3.36. The third kappa shape index (κ3) is 2.19. The van der Waals surface area contributed by atoms with Crippen LogP contribution in [-0.2, 0) is 4.79 Å². The standard InChI is InChI=1S/C14H15N3O2/c1-19-12-5-3-2-4-10(12)11-8-16-14(17-11)9-6-13(18)15-7-9/h2-5,8-9H,6-7H2,1H3,(H,15,18)(H,16,17). The van der Waals surface area contributed by atoms with Gasteiger partial charge in [0.25, 0.3) is 0 Å². The molecule has 1 aromatic heterocycles. The first-order valence-corrected chi connectivity index (χ1v) is 6.23. The van der Waals surface area contributed by atoms with E-state index in [2.05, 4.69) is 15.3 Å². The van der Waals surface area contributed by atoms with Crippen LogP contribution in [0.4, 0.5) is 0 Å². The number of amides is 1. The number of carbonyl (C=O) groups is 1. The van der Waals surface area contributed by atoms with E-state index in [0.717, 1.165) is 22.8 Å². The molecule has 0 aliphatic carbocycles. The van der Waals surface area contributed by atoms with Crippen LogP contribution in [0, 0.1) is 0 Å². The Morgan fingerprint density at radius 3 is 2.95 bits per heavy atom. The number of imidazole rings is 1. The largest absolute Gasteiger partial charge is 0.496 e. The van der Waals surface area contributed by atoms with Gasteiger partial charge in [-0.05, 0) is 12.1 Å². The molecular weight excluding hydrogens is 242 g/mol. The zero-order chi connectivity index (χ0) is 13.2. The Morgan fingerprint density at radius 2 is 2.21 bits per heavy atom. The number of rotatable bonds is 3. The number of hydrogen-bond donors (Lipinski definition) is 2. The van der Waals surface area contributed by atoms with Crippen molar-refractivity contribution < 1.29 is 9.53 Å². The van der Waals surface area contributed by atoms with Crippen LogP contribution >= 0.6 is 0 Å². The van der Waals surface area contributed by atoms with E-state index in [0.29, 0.717) is 13.0 Å². The van der Waals surface area contributed by atoms with Crippen molar-refractivity contribution in [2.45, 2.75) is 12.3 Å². The van der Waals surface area contributed by atoms with E-state index >= 15 is 0 Å². The number of nitrogens with one attached hydrogen (secondary N) is 2. The van der Waals surface area contributed by atoms with Gasteiger partial charge in [-0.25, -0.2) is 4.98 Å². The molecule has 1 aliphatic rings. The maximum atomic E-state index is 11.2. The second kappa shape index (κ2) is 4.76. The Labute approximate surface area is 111 Å². The van der Waals surface area contributed by atoms with Crippen LogP contribution in [0.1, 0.15) is 18.2 Å². The van der Waals surface area contributed by atoms with E-state index in [4.69, 9.17) is 4.74 Å². The SMILES string of the molecule is COc1ccccc1-c1cnc(C2CNC(=O)C2)[nH]1. The number of aromatic nitrogens is 2. The molecule has 0 bridgehead atoms. The summed E-state index contributed by atoms with van der Waals surface area (Å²) >= 11 is 0. The number of benzene rings is 1. The molecule has 2 heterocycles. The molecule has 1 aliphatic heterocycles. The van der Waals surface area contributed by atoms with E-state index in [-0.39, 0.29) is 11.8 Å². The maximum absolute atomic E-state index is 11.2. The fourth-order valence-electron chi connectivity index (χ4n) is 2.35. The number of carbonyl (C=O) groups excluding carboxylic acids is 1. The lowest BCUT2D eigenvalue weighted by molar-refractivity contribution is -0.119. The molecule has 5 nitrogen and oxygen atoms in total. The summed E-state index contributed by atoms with van der Waals surface area (Å²) in [6.45, 7) is 0.651. The molecule has 1 fully saturated rings. The summed E-state index contributed by atoms with van der Waals surface area (Å²) in [7, 11) is 1.65. The van der Waals surface area contributed by atoms with Gasteiger partial charge in [0.05, 0.1) is 19.0 Å². The number of ether oxygens (including phenoxy) is 1. The average Bonchev–Trinajstić information content (AvgIpc) is 3.07. The van der Waals surface area contributed by atoms with Crippen LogP contribution in [0.5, 0.6) is 5.75 Å².